The molecular weight excluding hydrogens is 214 g/mol. The van der Waals surface area contributed by atoms with E-state index in [1.165, 1.54) is 16.3 Å². The molecular formula is C9H11N3O2S. The van der Waals surface area contributed by atoms with Gasteiger partial charge in [-0.1, -0.05) is 0 Å². The predicted octanol–water partition coefficient (Wildman–Crippen LogP) is -0.816. The summed E-state index contributed by atoms with van der Waals surface area (Å²) in [5.74, 6) is 5.25. The van der Waals surface area contributed by atoms with E-state index in [1.807, 2.05) is 11.4 Å². The van der Waals surface area contributed by atoms with Crippen molar-refractivity contribution in [2.45, 2.75) is 13.1 Å². The number of carbonyl (C=O) groups excluding carboxylic acids is 1. The Labute approximate surface area is 90.4 Å². The molecule has 1 aliphatic rings. The van der Waals surface area contributed by atoms with E-state index in [0.717, 1.165) is 9.89 Å². The molecule has 5 nitrogen and oxygen atoms in total. The molecule has 6 heteroatoms. The largest absolute Gasteiger partial charge is 0.463 e. The zero-order valence-corrected chi connectivity index (χ0v) is 9.03. The van der Waals surface area contributed by atoms with Crippen molar-refractivity contribution < 1.29 is 9.53 Å². The van der Waals surface area contributed by atoms with E-state index in [-0.39, 0.29) is 0 Å². The van der Waals surface area contributed by atoms with Crippen LogP contribution in [0.5, 0.6) is 0 Å². The minimum Gasteiger partial charge on any atom is -0.463 e. The molecule has 1 atom stereocenters. The molecule has 1 aliphatic heterocycles. The van der Waals surface area contributed by atoms with Crippen LogP contribution in [0.15, 0.2) is 16.4 Å². The number of nitrogens with two attached hydrogens (primary N) is 1. The minimum atomic E-state index is -0.754. The summed E-state index contributed by atoms with van der Waals surface area (Å²) in [5.41, 5.74) is 0. The summed E-state index contributed by atoms with van der Waals surface area (Å²) < 4.78 is 5.69. The molecule has 0 spiro atoms. The average Bonchev–Trinajstić information content (AvgIpc) is 2.63. The van der Waals surface area contributed by atoms with Crippen LogP contribution in [0.1, 0.15) is 6.92 Å². The van der Waals surface area contributed by atoms with Gasteiger partial charge in [-0.15, -0.1) is 11.3 Å². The van der Waals surface area contributed by atoms with Crippen molar-refractivity contribution in [1.82, 2.24) is 5.01 Å². The monoisotopic (exact) mass is 225 g/mol. The minimum absolute atomic E-state index is 0.329. The highest BCUT2D eigenvalue weighted by Crippen LogP contribution is 2.02. The lowest BCUT2D eigenvalue weighted by molar-refractivity contribution is -0.148. The molecule has 0 saturated carbocycles. The number of ether oxygens (including phenoxy) is 1. The zero-order chi connectivity index (χ0) is 10.8. The number of rotatable bonds is 2. The highest BCUT2D eigenvalue weighted by atomic mass is 32.1. The zero-order valence-electron chi connectivity index (χ0n) is 8.21. The van der Waals surface area contributed by atoms with E-state index < -0.39 is 12.1 Å². The first-order valence-corrected chi connectivity index (χ1v) is 5.43. The molecule has 80 valence electrons. The molecule has 0 aromatic carbocycles. The smallest absolute Gasteiger partial charge is 0.353 e. The van der Waals surface area contributed by atoms with E-state index in [1.54, 1.807) is 13.1 Å². The molecule has 0 aliphatic carbocycles. The number of carbonyl (C=O) groups is 1. The van der Waals surface area contributed by atoms with Crippen LogP contribution in [-0.4, -0.2) is 23.8 Å². The molecule has 2 N–H and O–H groups in total. The molecule has 0 saturated heterocycles. The third-order valence-corrected chi connectivity index (χ3v) is 2.82. The lowest BCUT2D eigenvalue weighted by Gasteiger charge is -2.22. The molecule has 15 heavy (non-hydrogen) atoms. The van der Waals surface area contributed by atoms with Crippen LogP contribution in [0.4, 0.5) is 0 Å². The van der Waals surface area contributed by atoms with Gasteiger partial charge in [-0.25, -0.2) is 15.6 Å². The van der Waals surface area contributed by atoms with Gasteiger partial charge in [0.2, 0.25) is 6.17 Å². The van der Waals surface area contributed by atoms with Crippen molar-refractivity contribution in [1.29, 1.82) is 0 Å². The van der Waals surface area contributed by atoms with Crippen LogP contribution in [0.3, 0.4) is 0 Å². The summed E-state index contributed by atoms with van der Waals surface area (Å²) in [6.45, 7) is 2.08. The Morgan fingerprint density at radius 1 is 1.80 bits per heavy atom. The van der Waals surface area contributed by atoms with Crippen molar-refractivity contribution in [2.75, 3.05) is 6.61 Å². The number of nitrogens with zero attached hydrogens (tertiary/aromatic N) is 2. The summed E-state index contributed by atoms with van der Waals surface area (Å²) >= 11 is 1.48. The number of hydrazine groups is 1. The van der Waals surface area contributed by atoms with Gasteiger partial charge in [0.25, 0.3) is 0 Å². The first-order valence-electron chi connectivity index (χ1n) is 4.55. The second-order valence-electron chi connectivity index (χ2n) is 3.01. The number of thiophene rings is 1. The Bertz CT molecular complexity index is 482. The van der Waals surface area contributed by atoms with Gasteiger partial charge in [-0.05, 0) is 18.4 Å². The van der Waals surface area contributed by atoms with Gasteiger partial charge in [0.15, 0.2) is 0 Å². The third-order valence-electron chi connectivity index (χ3n) is 1.98. The molecule has 2 rings (SSSR count). The second kappa shape index (κ2) is 4.00. The summed E-state index contributed by atoms with van der Waals surface area (Å²) in [6, 6.07) is 1.91. The fraction of sp³-hybridized carbons (Fsp3) is 0.333. The lowest BCUT2D eigenvalue weighted by Crippen LogP contribution is -2.48. The van der Waals surface area contributed by atoms with Gasteiger partial charge in [-0.2, -0.15) is 0 Å². The van der Waals surface area contributed by atoms with Crippen LogP contribution in [0.25, 0.3) is 6.20 Å². The van der Waals surface area contributed by atoms with Crippen LogP contribution in [0.2, 0.25) is 0 Å². The Morgan fingerprint density at radius 2 is 2.60 bits per heavy atom. The van der Waals surface area contributed by atoms with Gasteiger partial charge in [0.05, 0.1) is 6.61 Å². The predicted molar refractivity (Wildman–Crippen MR) is 56.0 cm³/mol. The SMILES string of the molecule is CCOC(=O)C1N=c2sccc2=CN1N. The fourth-order valence-electron chi connectivity index (χ4n) is 1.31. The third kappa shape index (κ3) is 1.86. The summed E-state index contributed by atoms with van der Waals surface area (Å²) in [6.07, 6.45) is 0.941. The Balaban J connectivity index is 2.34. The Morgan fingerprint density at radius 3 is 3.33 bits per heavy atom. The van der Waals surface area contributed by atoms with Crippen LogP contribution < -0.4 is 15.7 Å². The van der Waals surface area contributed by atoms with Crippen molar-refractivity contribution in [2.24, 2.45) is 10.8 Å². The van der Waals surface area contributed by atoms with Crippen LogP contribution >= 0.6 is 11.3 Å². The molecule has 1 aromatic rings. The maximum atomic E-state index is 11.5. The molecule has 0 radical (unpaired) electrons. The maximum Gasteiger partial charge on any atom is 0.353 e. The van der Waals surface area contributed by atoms with Crippen molar-refractivity contribution in [3.05, 3.63) is 21.3 Å². The highest BCUT2D eigenvalue weighted by Gasteiger charge is 2.24. The second-order valence-corrected chi connectivity index (χ2v) is 3.91. The fourth-order valence-corrected chi connectivity index (χ4v) is 2.08. The molecule has 1 unspecified atom stereocenters. The van der Waals surface area contributed by atoms with Gasteiger partial charge in [0.1, 0.15) is 4.67 Å². The standard InChI is InChI=1S/C9H11N3O2S/c1-2-14-9(13)7-11-8-6(3-4-15-8)5-12(7)10/h3-5,7H,2,10H2,1H3. The lowest BCUT2D eigenvalue weighted by atomic mass is 10.4. The molecule has 0 fully saturated rings. The Hall–Kier alpha value is -1.40. The number of hydrogen-bond donors (Lipinski definition) is 1. The van der Waals surface area contributed by atoms with Gasteiger partial charge in [-0.3, -0.25) is 5.01 Å². The van der Waals surface area contributed by atoms with Gasteiger partial charge in [0, 0.05) is 11.4 Å². The molecule has 0 bridgehead atoms. The molecule has 1 aromatic heterocycles. The number of esters is 1. The number of fused-ring (bicyclic) bond motifs is 1. The van der Waals surface area contributed by atoms with E-state index in [4.69, 9.17) is 10.6 Å². The quantitative estimate of drug-likeness (QED) is 0.527. The van der Waals surface area contributed by atoms with Crippen LogP contribution in [-0.2, 0) is 9.53 Å². The van der Waals surface area contributed by atoms with Crippen molar-refractivity contribution in [3.8, 4) is 0 Å². The average molecular weight is 225 g/mol. The van der Waals surface area contributed by atoms with E-state index >= 15 is 0 Å². The van der Waals surface area contributed by atoms with E-state index in [2.05, 4.69) is 4.99 Å². The van der Waals surface area contributed by atoms with Crippen LogP contribution in [0, 0.1) is 0 Å². The summed E-state index contributed by atoms with van der Waals surface area (Å²) in [4.78, 5) is 15.7. The maximum absolute atomic E-state index is 11.5. The first-order chi connectivity index (χ1) is 7.22. The van der Waals surface area contributed by atoms with E-state index in [0.29, 0.717) is 6.61 Å². The normalized spacial score (nSPS) is 18.8. The molecule has 0 amide bonds. The van der Waals surface area contributed by atoms with E-state index in [9.17, 15) is 4.79 Å². The summed E-state index contributed by atoms with van der Waals surface area (Å²) in [7, 11) is 0. The van der Waals surface area contributed by atoms with Gasteiger partial charge < -0.3 is 4.74 Å². The van der Waals surface area contributed by atoms with Crippen molar-refractivity contribution >= 4 is 23.5 Å². The first kappa shape index (κ1) is 10.1. The van der Waals surface area contributed by atoms with Crippen molar-refractivity contribution in [3.63, 3.8) is 0 Å². The Kier molecular flexibility index (Phi) is 2.70. The highest BCUT2D eigenvalue weighted by molar-refractivity contribution is 7.07. The topological polar surface area (TPSA) is 67.9 Å². The molecule has 2 heterocycles. The summed E-state index contributed by atoms with van der Waals surface area (Å²) in [5, 5.41) is 4.11. The number of hydrogen-bond acceptors (Lipinski definition) is 6. The van der Waals surface area contributed by atoms with Gasteiger partial charge >= 0.3 is 5.97 Å².